The van der Waals surface area contributed by atoms with Gasteiger partial charge in [0, 0.05) is 18.0 Å². The second-order valence-corrected chi connectivity index (χ2v) is 2.47. The molecule has 0 spiro atoms. The van der Waals surface area contributed by atoms with E-state index in [2.05, 4.69) is 21.4 Å². The summed E-state index contributed by atoms with van der Waals surface area (Å²) in [5.41, 5.74) is 1.05. The fourth-order valence-electron chi connectivity index (χ4n) is 0.844. The third-order valence-electron chi connectivity index (χ3n) is 1.45. The summed E-state index contributed by atoms with van der Waals surface area (Å²) in [6, 6.07) is 0. The zero-order valence-electron chi connectivity index (χ0n) is 7.20. The highest BCUT2D eigenvalue weighted by Gasteiger charge is 1.83. The molecule has 1 aromatic rings. The molecule has 3 heteroatoms. The van der Waals surface area contributed by atoms with Crippen molar-refractivity contribution in [3.8, 4) is 0 Å². The van der Waals surface area contributed by atoms with Gasteiger partial charge in [-0.2, -0.15) is 0 Å². The molecule has 0 saturated heterocycles. The Bertz CT molecular complexity index is 231. The Morgan fingerprint density at radius 2 is 2.17 bits per heavy atom. The maximum Gasteiger partial charge on any atom is 0.115 e. The minimum atomic E-state index is 1.00. The van der Waals surface area contributed by atoms with Gasteiger partial charge in [-0.05, 0) is 20.0 Å². The van der Waals surface area contributed by atoms with Gasteiger partial charge in [-0.3, -0.25) is 0 Å². The maximum atomic E-state index is 3.91. The topological polar surface area (TPSA) is 37.8 Å². The van der Waals surface area contributed by atoms with E-state index in [1.54, 1.807) is 12.4 Å². The van der Waals surface area contributed by atoms with Crippen LogP contribution in [0.25, 0.3) is 6.08 Å². The molecule has 0 bridgehead atoms. The van der Waals surface area contributed by atoms with E-state index in [-0.39, 0.29) is 0 Å². The number of aromatic nitrogens is 2. The molecule has 1 rings (SSSR count). The van der Waals surface area contributed by atoms with Crippen LogP contribution in [-0.2, 0) is 0 Å². The van der Waals surface area contributed by atoms with Gasteiger partial charge < -0.3 is 5.32 Å². The summed E-state index contributed by atoms with van der Waals surface area (Å²) in [5, 5.41) is 3.07. The maximum absolute atomic E-state index is 3.91. The molecule has 0 unspecified atom stereocenters. The molecule has 0 aromatic carbocycles. The Hall–Kier alpha value is -1.22. The first kappa shape index (κ1) is 8.87. The molecule has 0 radical (unpaired) electrons. The van der Waals surface area contributed by atoms with E-state index < -0.39 is 0 Å². The molecule has 0 aliphatic carbocycles. The van der Waals surface area contributed by atoms with Crippen molar-refractivity contribution in [2.75, 3.05) is 13.6 Å². The predicted octanol–water partition coefficient (Wildman–Crippen LogP) is 1.10. The molecule has 12 heavy (non-hydrogen) atoms. The Morgan fingerprint density at radius 3 is 2.83 bits per heavy atom. The lowest BCUT2D eigenvalue weighted by atomic mass is 10.3. The number of hydrogen-bond acceptors (Lipinski definition) is 3. The van der Waals surface area contributed by atoms with Crippen LogP contribution in [0, 0.1) is 0 Å². The Labute approximate surface area is 72.6 Å². The summed E-state index contributed by atoms with van der Waals surface area (Å²) in [5.74, 6) is 0. The van der Waals surface area contributed by atoms with E-state index in [4.69, 9.17) is 0 Å². The van der Waals surface area contributed by atoms with Crippen LogP contribution in [0.2, 0.25) is 0 Å². The van der Waals surface area contributed by atoms with E-state index in [1.165, 1.54) is 6.33 Å². The van der Waals surface area contributed by atoms with Gasteiger partial charge in [0.25, 0.3) is 0 Å². The number of nitrogens with zero attached hydrogens (tertiary/aromatic N) is 2. The highest BCUT2D eigenvalue weighted by molar-refractivity contribution is 5.45. The van der Waals surface area contributed by atoms with Crippen LogP contribution in [0.15, 0.2) is 24.8 Å². The van der Waals surface area contributed by atoms with Gasteiger partial charge in [-0.1, -0.05) is 12.2 Å². The van der Waals surface area contributed by atoms with E-state index in [9.17, 15) is 0 Å². The Balaban J connectivity index is 2.36. The smallest absolute Gasteiger partial charge is 0.115 e. The van der Waals surface area contributed by atoms with Crippen molar-refractivity contribution < 1.29 is 0 Å². The van der Waals surface area contributed by atoms with Crippen LogP contribution >= 0.6 is 0 Å². The zero-order chi connectivity index (χ0) is 8.65. The van der Waals surface area contributed by atoms with Gasteiger partial charge in [0.2, 0.25) is 0 Å². The first-order valence-corrected chi connectivity index (χ1v) is 3.99. The summed E-state index contributed by atoms with van der Waals surface area (Å²) in [6.07, 6.45) is 10.3. The monoisotopic (exact) mass is 163 g/mol. The predicted molar refractivity (Wildman–Crippen MR) is 49.6 cm³/mol. The van der Waals surface area contributed by atoms with Crippen molar-refractivity contribution in [1.29, 1.82) is 0 Å². The zero-order valence-corrected chi connectivity index (χ0v) is 7.20. The molecule has 64 valence electrons. The van der Waals surface area contributed by atoms with Crippen molar-refractivity contribution in [3.63, 3.8) is 0 Å². The second kappa shape index (κ2) is 5.43. The van der Waals surface area contributed by atoms with Gasteiger partial charge in [-0.15, -0.1) is 0 Å². The SMILES string of the molecule is CNCC/C=C\c1cncnc1. The van der Waals surface area contributed by atoms with Crippen molar-refractivity contribution in [2.45, 2.75) is 6.42 Å². The highest BCUT2D eigenvalue weighted by atomic mass is 14.8. The average Bonchev–Trinajstić information content (AvgIpc) is 2.14. The molecule has 0 saturated carbocycles. The fraction of sp³-hybridized carbons (Fsp3) is 0.333. The third kappa shape index (κ3) is 3.25. The lowest BCUT2D eigenvalue weighted by molar-refractivity contribution is 0.809. The summed E-state index contributed by atoms with van der Waals surface area (Å²) < 4.78 is 0. The molecule has 1 N–H and O–H groups in total. The average molecular weight is 163 g/mol. The minimum Gasteiger partial charge on any atom is -0.319 e. The van der Waals surface area contributed by atoms with Gasteiger partial charge in [-0.25, -0.2) is 9.97 Å². The highest BCUT2D eigenvalue weighted by Crippen LogP contribution is 1.96. The van der Waals surface area contributed by atoms with E-state index in [0.29, 0.717) is 0 Å². The number of rotatable bonds is 4. The van der Waals surface area contributed by atoms with Crippen LogP contribution in [-0.4, -0.2) is 23.6 Å². The van der Waals surface area contributed by atoms with Crippen LogP contribution in [0.4, 0.5) is 0 Å². The molecule has 3 nitrogen and oxygen atoms in total. The first-order chi connectivity index (χ1) is 5.93. The summed E-state index contributed by atoms with van der Waals surface area (Å²) in [7, 11) is 1.94. The Kier molecular flexibility index (Phi) is 4.02. The summed E-state index contributed by atoms with van der Waals surface area (Å²) in [6.45, 7) is 1.00. The molecular weight excluding hydrogens is 150 g/mol. The lowest BCUT2D eigenvalue weighted by Gasteiger charge is -1.91. The molecule has 1 aromatic heterocycles. The van der Waals surface area contributed by atoms with Gasteiger partial charge >= 0.3 is 0 Å². The second-order valence-electron chi connectivity index (χ2n) is 2.47. The van der Waals surface area contributed by atoms with Gasteiger partial charge in [0.1, 0.15) is 6.33 Å². The first-order valence-electron chi connectivity index (χ1n) is 3.99. The van der Waals surface area contributed by atoms with Crippen molar-refractivity contribution in [1.82, 2.24) is 15.3 Å². The molecule has 1 heterocycles. The molecule has 0 atom stereocenters. The number of hydrogen-bond donors (Lipinski definition) is 1. The fourth-order valence-corrected chi connectivity index (χ4v) is 0.844. The van der Waals surface area contributed by atoms with E-state index in [1.807, 2.05) is 13.1 Å². The van der Waals surface area contributed by atoms with Crippen molar-refractivity contribution >= 4 is 6.08 Å². The van der Waals surface area contributed by atoms with Crippen LogP contribution in [0.3, 0.4) is 0 Å². The normalized spacial score (nSPS) is 10.8. The standard InChI is InChI=1S/C9H13N3/c1-10-5-3-2-4-9-6-11-8-12-7-9/h2,4,6-8,10H,3,5H2,1H3/b4-2-. The third-order valence-corrected chi connectivity index (χ3v) is 1.45. The molecule has 0 aliphatic heterocycles. The van der Waals surface area contributed by atoms with Crippen molar-refractivity contribution in [2.24, 2.45) is 0 Å². The van der Waals surface area contributed by atoms with Gasteiger partial charge in [0.05, 0.1) is 0 Å². The Morgan fingerprint density at radius 1 is 1.42 bits per heavy atom. The van der Waals surface area contributed by atoms with E-state index >= 15 is 0 Å². The quantitative estimate of drug-likeness (QED) is 0.675. The molecule has 0 aliphatic rings. The molecule has 0 amide bonds. The van der Waals surface area contributed by atoms with Crippen LogP contribution in [0.1, 0.15) is 12.0 Å². The van der Waals surface area contributed by atoms with Gasteiger partial charge in [0.15, 0.2) is 0 Å². The van der Waals surface area contributed by atoms with E-state index in [0.717, 1.165) is 18.5 Å². The lowest BCUT2D eigenvalue weighted by Crippen LogP contribution is -2.05. The van der Waals surface area contributed by atoms with Crippen LogP contribution in [0.5, 0.6) is 0 Å². The summed E-state index contributed by atoms with van der Waals surface area (Å²) in [4.78, 5) is 7.81. The van der Waals surface area contributed by atoms with Crippen LogP contribution < -0.4 is 5.32 Å². The summed E-state index contributed by atoms with van der Waals surface area (Å²) >= 11 is 0. The van der Waals surface area contributed by atoms with Crippen molar-refractivity contribution in [3.05, 3.63) is 30.4 Å². The largest absolute Gasteiger partial charge is 0.319 e. The molecule has 0 fully saturated rings. The minimum absolute atomic E-state index is 1.00. The number of nitrogens with one attached hydrogen (secondary N) is 1. The molecular formula is C9H13N3.